The van der Waals surface area contributed by atoms with E-state index in [1.54, 1.807) is 11.3 Å². The molecule has 0 bridgehead atoms. The predicted octanol–water partition coefficient (Wildman–Crippen LogP) is 1.44. The Kier molecular flexibility index (Phi) is 2.82. The molecule has 1 fully saturated rings. The predicted molar refractivity (Wildman–Crippen MR) is 70.2 cm³/mol. The molecule has 1 aliphatic heterocycles. The van der Waals surface area contributed by atoms with Crippen LogP contribution < -0.4 is 5.73 Å². The van der Waals surface area contributed by atoms with Crippen LogP contribution in [0.4, 0.5) is 0 Å². The van der Waals surface area contributed by atoms with Gasteiger partial charge in [-0.2, -0.15) is 0 Å². The second kappa shape index (κ2) is 4.33. The molecule has 0 amide bonds. The number of fused-ring (bicyclic) bond motifs is 1. The van der Waals surface area contributed by atoms with Crippen LogP contribution in [-0.2, 0) is 0 Å². The quantitative estimate of drug-likeness (QED) is 0.829. The van der Waals surface area contributed by atoms with Crippen molar-refractivity contribution in [3.8, 4) is 0 Å². The summed E-state index contributed by atoms with van der Waals surface area (Å²) >= 11 is 1.60. The van der Waals surface area contributed by atoms with E-state index in [-0.39, 0.29) is 6.04 Å². The van der Waals surface area contributed by atoms with Gasteiger partial charge in [0, 0.05) is 31.2 Å². The monoisotopic (exact) mass is 248 g/mol. The van der Waals surface area contributed by atoms with E-state index in [4.69, 9.17) is 5.73 Å². The van der Waals surface area contributed by atoms with Gasteiger partial charge in [0.05, 0.1) is 5.51 Å². The first-order valence-electron chi connectivity index (χ1n) is 5.86. The van der Waals surface area contributed by atoms with Crippen molar-refractivity contribution in [2.24, 2.45) is 5.73 Å². The number of likely N-dealkylation sites (tertiary alicyclic amines) is 1. The molecule has 1 saturated heterocycles. The lowest BCUT2D eigenvalue weighted by Crippen LogP contribution is -2.44. The van der Waals surface area contributed by atoms with Crippen molar-refractivity contribution in [2.75, 3.05) is 20.1 Å². The first kappa shape index (κ1) is 11.1. The summed E-state index contributed by atoms with van der Waals surface area (Å²) in [4.78, 5) is 12.1. The number of aromatic nitrogens is 2. The minimum atomic E-state index is 0.264. The Bertz CT molecular complexity index is 514. The lowest BCUT2D eigenvalue weighted by atomic mass is 9.88. The van der Waals surface area contributed by atoms with E-state index in [1.165, 1.54) is 5.56 Å². The van der Waals surface area contributed by atoms with Gasteiger partial charge in [-0.25, -0.2) is 9.97 Å². The van der Waals surface area contributed by atoms with E-state index in [9.17, 15) is 0 Å². The number of hydrogen-bond acceptors (Lipinski definition) is 5. The molecule has 90 valence electrons. The molecule has 2 unspecified atom stereocenters. The third-order valence-corrected chi connectivity index (χ3v) is 4.11. The summed E-state index contributed by atoms with van der Waals surface area (Å²) in [7, 11) is 2.13. The maximum absolute atomic E-state index is 6.10. The molecule has 1 aliphatic rings. The van der Waals surface area contributed by atoms with E-state index < -0.39 is 0 Å². The molecule has 17 heavy (non-hydrogen) atoms. The Balaban J connectivity index is 2.00. The first-order valence-corrected chi connectivity index (χ1v) is 6.74. The van der Waals surface area contributed by atoms with Gasteiger partial charge < -0.3 is 10.6 Å². The van der Waals surface area contributed by atoms with Crippen LogP contribution in [0.2, 0.25) is 0 Å². The zero-order valence-electron chi connectivity index (χ0n) is 9.84. The summed E-state index contributed by atoms with van der Waals surface area (Å²) < 4.78 is 0. The van der Waals surface area contributed by atoms with Crippen LogP contribution in [0, 0.1) is 0 Å². The van der Waals surface area contributed by atoms with E-state index in [0.717, 1.165) is 29.9 Å². The number of likely N-dealkylation sites (N-methyl/N-ethyl adjacent to an activating group) is 1. The smallest absolute Gasteiger partial charge is 0.143 e. The van der Waals surface area contributed by atoms with Crippen molar-refractivity contribution in [1.82, 2.24) is 14.9 Å². The Labute approximate surface area is 104 Å². The number of hydrogen-bond donors (Lipinski definition) is 1. The molecule has 3 rings (SSSR count). The van der Waals surface area contributed by atoms with E-state index in [1.807, 2.05) is 11.7 Å². The van der Waals surface area contributed by atoms with E-state index in [0.29, 0.717) is 5.92 Å². The van der Waals surface area contributed by atoms with E-state index in [2.05, 4.69) is 28.0 Å². The molecule has 2 N–H and O–H groups in total. The molecular formula is C12H16N4S. The average Bonchev–Trinajstić information content (AvgIpc) is 2.75. The molecule has 0 aliphatic carbocycles. The van der Waals surface area contributed by atoms with Crippen LogP contribution in [0.5, 0.6) is 0 Å². The zero-order chi connectivity index (χ0) is 11.8. The third kappa shape index (κ3) is 2.06. The maximum Gasteiger partial charge on any atom is 0.143 e. The van der Waals surface area contributed by atoms with Crippen molar-refractivity contribution >= 4 is 21.7 Å². The molecule has 2 aromatic rings. The Morgan fingerprint density at radius 3 is 3.12 bits per heavy atom. The summed E-state index contributed by atoms with van der Waals surface area (Å²) in [6.07, 6.45) is 2.93. The van der Waals surface area contributed by atoms with E-state index >= 15 is 0 Å². The molecule has 3 heterocycles. The van der Waals surface area contributed by atoms with Crippen LogP contribution in [-0.4, -0.2) is 41.0 Å². The standard InChI is InChI=1S/C12H16N4S/c1-16-5-8(4-9(13)6-16)10-2-3-14-12-11(10)15-7-17-12/h2-3,7-9H,4-6,13H2,1H3. The van der Waals surface area contributed by atoms with Gasteiger partial charge in [0.2, 0.25) is 0 Å². The molecule has 0 spiro atoms. The van der Waals surface area contributed by atoms with Crippen molar-refractivity contribution < 1.29 is 0 Å². The molecule has 2 atom stereocenters. The summed E-state index contributed by atoms with van der Waals surface area (Å²) in [5, 5.41) is 0. The van der Waals surface area contributed by atoms with Crippen molar-refractivity contribution in [2.45, 2.75) is 18.4 Å². The van der Waals surface area contributed by atoms with Gasteiger partial charge >= 0.3 is 0 Å². The fourth-order valence-electron chi connectivity index (χ4n) is 2.71. The van der Waals surface area contributed by atoms with Gasteiger partial charge in [-0.15, -0.1) is 11.3 Å². The highest BCUT2D eigenvalue weighted by Gasteiger charge is 2.25. The number of rotatable bonds is 1. The number of nitrogens with two attached hydrogens (primary N) is 1. The fraction of sp³-hybridized carbons (Fsp3) is 0.500. The Morgan fingerprint density at radius 2 is 2.29 bits per heavy atom. The maximum atomic E-state index is 6.10. The minimum Gasteiger partial charge on any atom is -0.327 e. The molecule has 5 heteroatoms. The van der Waals surface area contributed by atoms with Crippen LogP contribution >= 0.6 is 11.3 Å². The lowest BCUT2D eigenvalue weighted by Gasteiger charge is -2.34. The number of pyridine rings is 1. The van der Waals surface area contributed by atoms with Gasteiger partial charge in [-0.3, -0.25) is 0 Å². The SMILES string of the molecule is CN1CC(N)CC(c2ccnc3scnc23)C1. The van der Waals surface area contributed by atoms with Gasteiger partial charge in [0.25, 0.3) is 0 Å². The molecule has 0 aromatic carbocycles. The van der Waals surface area contributed by atoms with Gasteiger partial charge in [-0.05, 0) is 25.1 Å². The third-order valence-electron chi connectivity index (χ3n) is 3.37. The molecule has 2 aromatic heterocycles. The summed E-state index contributed by atoms with van der Waals surface area (Å²) in [6, 6.07) is 2.36. The molecule has 0 radical (unpaired) electrons. The molecule has 0 saturated carbocycles. The highest BCUT2D eigenvalue weighted by atomic mass is 32.1. The zero-order valence-corrected chi connectivity index (χ0v) is 10.7. The number of nitrogens with zero attached hydrogens (tertiary/aromatic N) is 3. The van der Waals surface area contributed by atoms with Crippen molar-refractivity contribution in [1.29, 1.82) is 0 Å². The number of piperidine rings is 1. The lowest BCUT2D eigenvalue weighted by molar-refractivity contribution is 0.227. The normalized spacial score (nSPS) is 26.5. The molecular weight excluding hydrogens is 232 g/mol. The largest absolute Gasteiger partial charge is 0.327 e. The average molecular weight is 248 g/mol. The van der Waals surface area contributed by atoms with Gasteiger partial charge in [-0.1, -0.05) is 0 Å². The topological polar surface area (TPSA) is 55.0 Å². The number of thiazole rings is 1. The van der Waals surface area contributed by atoms with Gasteiger partial charge in [0.1, 0.15) is 10.3 Å². The van der Waals surface area contributed by atoms with Crippen LogP contribution in [0.25, 0.3) is 10.3 Å². The first-order chi connectivity index (χ1) is 8.24. The highest BCUT2D eigenvalue weighted by Crippen LogP contribution is 2.30. The Hall–Kier alpha value is -1.04. The van der Waals surface area contributed by atoms with Crippen molar-refractivity contribution in [3.05, 3.63) is 23.3 Å². The summed E-state index contributed by atoms with van der Waals surface area (Å²) in [6.45, 7) is 2.05. The minimum absolute atomic E-state index is 0.264. The Morgan fingerprint density at radius 1 is 1.41 bits per heavy atom. The van der Waals surface area contributed by atoms with Crippen molar-refractivity contribution in [3.63, 3.8) is 0 Å². The van der Waals surface area contributed by atoms with Crippen LogP contribution in [0.15, 0.2) is 17.8 Å². The molecule has 4 nitrogen and oxygen atoms in total. The van der Waals surface area contributed by atoms with Crippen LogP contribution in [0.3, 0.4) is 0 Å². The summed E-state index contributed by atoms with van der Waals surface area (Å²) in [5.41, 5.74) is 10.3. The van der Waals surface area contributed by atoms with Crippen LogP contribution in [0.1, 0.15) is 17.9 Å². The second-order valence-electron chi connectivity index (χ2n) is 4.82. The van der Waals surface area contributed by atoms with Gasteiger partial charge in [0.15, 0.2) is 0 Å². The fourth-order valence-corrected chi connectivity index (χ4v) is 3.38. The highest BCUT2D eigenvalue weighted by molar-refractivity contribution is 7.16. The summed E-state index contributed by atoms with van der Waals surface area (Å²) in [5.74, 6) is 0.483. The second-order valence-corrected chi connectivity index (χ2v) is 5.65.